The molecule has 1 aromatic heterocycles. The van der Waals surface area contributed by atoms with Gasteiger partial charge in [-0.15, -0.1) is 0 Å². The molecule has 0 radical (unpaired) electrons. The van der Waals surface area contributed by atoms with Gasteiger partial charge in [-0.3, -0.25) is 4.79 Å². The summed E-state index contributed by atoms with van der Waals surface area (Å²) in [7, 11) is 0. The first kappa shape index (κ1) is 17.4. The van der Waals surface area contributed by atoms with E-state index in [1.807, 2.05) is 23.1 Å². The summed E-state index contributed by atoms with van der Waals surface area (Å²) in [6.45, 7) is 1.63. The van der Waals surface area contributed by atoms with Crippen LogP contribution in [0.4, 0.5) is 0 Å². The third-order valence-electron chi connectivity index (χ3n) is 5.98. The number of amides is 1. The van der Waals surface area contributed by atoms with Crippen LogP contribution in [0.3, 0.4) is 0 Å². The molecule has 3 aromatic rings. The number of aromatic nitrogens is 2. The smallest absolute Gasteiger partial charge is 0.227 e. The van der Waals surface area contributed by atoms with Gasteiger partial charge in [0.2, 0.25) is 11.8 Å². The van der Waals surface area contributed by atoms with E-state index >= 15 is 0 Å². The molecule has 1 amide bonds. The Balaban J connectivity index is 1.24. The second-order valence-corrected chi connectivity index (χ2v) is 8.19. The molecule has 0 N–H and O–H groups in total. The van der Waals surface area contributed by atoms with Crippen LogP contribution in [-0.4, -0.2) is 34.0 Å². The lowest BCUT2D eigenvalue weighted by Gasteiger charge is -2.32. The molecule has 1 saturated heterocycles. The van der Waals surface area contributed by atoms with E-state index < -0.39 is 0 Å². The SMILES string of the molecule is O=C(Cc1cccc2ccccc12)N1CCC[C@H](Cc2nc(C3CC3)no2)C1. The standard InChI is InChI=1S/C23H25N3O2/c27-22(14-19-8-3-7-17-6-1-2-9-20(17)19)26-12-4-5-16(15-26)13-21-24-23(25-28-21)18-10-11-18/h1-3,6-9,16,18H,4-5,10-15H2/t16-/m1/s1. The maximum atomic E-state index is 13.0. The molecule has 0 unspecified atom stereocenters. The van der Waals surface area contributed by atoms with Gasteiger partial charge in [-0.1, -0.05) is 47.6 Å². The monoisotopic (exact) mass is 375 g/mol. The minimum absolute atomic E-state index is 0.213. The summed E-state index contributed by atoms with van der Waals surface area (Å²) in [5.41, 5.74) is 1.11. The lowest BCUT2D eigenvalue weighted by molar-refractivity contribution is -0.132. The Morgan fingerprint density at radius 2 is 1.96 bits per heavy atom. The second-order valence-electron chi connectivity index (χ2n) is 8.19. The fourth-order valence-electron chi connectivity index (χ4n) is 4.28. The molecule has 5 rings (SSSR count). The molecule has 1 aliphatic carbocycles. The van der Waals surface area contributed by atoms with Gasteiger partial charge in [0.15, 0.2) is 5.82 Å². The zero-order chi connectivity index (χ0) is 18.9. The summed E-state index contributed by atoms with van der Waals surface area (Å²) in [6, 6.07) is 14.5. The Kier molecular flexibility index (Phi) is 4.59. The average Bonchev–Trinajstić information content (AvgIpc) is 3.48. The number of rotatable bonds is 5. The van der Waals surface area contributed by atoms with Gasteiger partial charge in [-0.05, 0) is 47.9 Å². The van der Waals surface area contributed by atoms with Crippen molar-refractivity contribution in [2.75, 3.05) is 13.1 Å². The Morgan fingerprint density at radius 1 is 1.11 bits per heavy atom. The van der Waals surface area contributed by atoms with Gasteiger partial charge in [-0.25, -0.2) is 0 Å². The van der Waals surface area contributed by atoms with Crippen LogP contribution in [0.1, 0.15) is 48.9 Å². The number of carbonyl (C=O) groups excluding carboxylic acids is 1. The predicted molar refractivity (Wildman–Crippen MR) is 107 cm³/mol. The minimum Gasteiger partial charge on any atom is -0.342 e. The minimum atomic E-state index is 0.213. The third-order valence-corrected chi connectivity index (χ3v) is 5.98. The summed E-state index contributed by atoms with van der Waals surface area (Å²) >= 11 is 0. The van der Waals surface area contributed by atoms with E-state index in [9.17, 15) is 4.79 Å². The van der Waals surface area contributed by atoms with Crippen LogP contribution >= 0.6 is 0 Å². The Hall–Kier alpha value is -2.69. The van der Waals surface area contributed by atoms with E-state index in [0.717, 1.165) is 49.6 Å². The molecule has 1 atom stereocenters. The Labute approximate surface area is 164 Å². The van der Waals surface area contributed by atoms with Crippen LogP contribution in [0, 0.1) is 5.92 Å². The van der Waals surface area contributed by atoms with E-state index in [0.29, 0.717) is 18.3 Å². The summed E-state index contributed by atoms with van der Waals surface area (Å²) in [6.07, 6.45) is 5.74. The summed E-state index contributed by atoms with van der Waals surface area (Å²) in [5.74, 6) is 2.73. The van der Waals surface area contributed by atoms with Crippen LogP contribution in [-0.2, 0) is 17.6 Å². The van der Waals surface area contributed by atoms with Gasteiger partial charge >= 0.3 is 0 Å². The van der Waals surface area contributed by atoms with Crippen molar-refractivity contribution in [1.82, 2.24) is 15.0 Å². The highest BCUT2D eigenvalue weighted by Crippen LogP contribution is 2.38. The van der Waals surface area contributed by atoms with E-state index in [1.54, 1.807) is 0 Å². The van der Waals surface area contributed by atoms with Crippen molar-refractivity contribution in [3.8, 4) is 0 Å². The number of likely N-dealkylation sites (tertiary alicyclic amines) is 1. The van der Waals surface area contributed by atoms with Gasteiger partial charge in [0.05, 0.1) is 6.42 Å². The van der Waals surface area contributed by atoms with E-state index in [1.165, 1.54) is 23.6 Å². The van der Waals surface area contributed by atoms with Crippen molar-refractivity contribution < 1.29 is 9.32 Å². The van der Waals surface area contributed by atoms with E-state index in [-0.39, 0.29) is 5.91 Å². The second kappa shape index (κ2) is 7.38. The lowest BCUT2D eigenvalue weighted by atomic mass is 9.94. The number of hydrogen-bond acceptors (Lipinski definition) is 4. The number of carbonyl (C=O) groups is 1. The molecule has 2 fully saturated rings. The summed E-state index contributed by atoms with van der Waals surface area (Å²) in [5, 5.41) is 6.47. The van der Waals surface area contributed by atoms with Crippen molar-refractivity contribution in [3.63, 3.8) is 0 Å². The quantitative estimate of drug-likeness (QED) is 0.673. The van der Waals surface area contributed by atoms with Crippen molar-refractivity contribution in [1.29, 1.82) is 0 Å². The van der Waals surface area contributed by atoms with Gasteiger partial charge in [0.1, 0.15) is 0 Å². The van der Waals surface area contributed by atoms with E-state index in [2.05, 4.69) is 34.4 Å². The van der Waals surface area contributed by atoms with Crippen LogP contribution in [0.5, 0.6) is 0 Å². The molecular formula is C23H25N3O2. The van der Waals surface area contributed by atoms with E-state index in [4.69, 9.17) is 4.52 Å². The summed E-state index contributed by atoms with van der Waals surface area (Å²) < 4.78 is 5.44. The first-order valence-electron chi connectivity index (χ1n) is 10.3. The average molecular weight is 375 g/mol. The topological polar surface area (TPSA) is 59.2 Å². The fraction of sp³-hybridized carbons (Fsp3) is 0.435. The maximum Gasteiger partial charge on any atom is 0.227 e. The van der Waals surface area contributed by atoms with Gasteiger partial charge in [0, 0.05) is 25.4 Å². The lowest BCUT2D eigenvalue weighted by Crippen LogP contribution is -2.41. The molecule has 2 heterocycles. The highest BCUT2D eigenvalue weighted by Gasteiger charge is 2.30. The number of fused-ring (bicyclic) bond motifs is 1. The molecular weight excluding hydrogens is 350 g/mol. The molecule has 2 aliphatic rings. The van der Waals surface area contributed by atoms with Crippen LogP contribution in [0.2, 0.25) is 0 Å². The summed E-state index contributed by atoms with van der Waals surface area (Å²) in [4.78, 5) is 19.6. The van der Waals surface area contributed by atoms with Crippen molar-refractivity contribution in [2.24, 2.45) is 5.92 Å². The van der Waals surface area contributed by atoms with Crippen molar-refractivity contribution in [3.05, 3.63) is 59.7 Å². The zero-order valence-corrected chi connectivity index (χ0v) is 16.0. The van der Waals surface area contributed by atoms with Gasteiger partial charge < -0.3 is 9.42 Å². The molecule has 5 nitrogen and oxygen atoms in total. The highest BCUT2D eigenvalue weighted by molar-refractivity contribution is 5.90. The maximum absolute atomic E-state index is 13.0. The Morgan fingerprint density at radius 3 is 2.86 bits per heavy atom. The van der Waals surface area contributed by atoms with Crippen LogP contribution in [0.15, 0.2) is 47.0 Å². The fourth-order valence-corrected chi connectivity index (χ4v) is 4.28. The van der Waals surface area contributed by atoms with Gasteiger partial charge in [-0.2, -0.15) is 4.98 Å². The first-order chi connectivity index (χ1) is 13.8. The molecule has 28 heavy (non-hydrogen) atoms. The van der Waals surface area contributed by atoms with Gasteiger partial charge in [0.25, 0.3) is 0 Å². The largest absolute Gasteiger partial charge is 0.342 e. The zero-order valence-electron chi connectivity index (χ0n) is 16.0. The van der Waals surface area contributed by atoms with Crippen molar-refractivity contribution in [2.45, 2.75) is 44.4 Å². The highest BCUT2D eigenvalue weighted by atomic mass is 16.5. The molecule has 1 aliphatic heterocycles. The molecule has 2 aromatic carbocycles. The third kappa shape index (κ3) is 3.66. The Bertz CT molecular complexity index is 987. The number of piperidine rings is 1. The normalized spacial score (nSPS) is 19.9. The van der Waals surface area contributed by atoms with Crippen molar-refractivity contribution >= 4 is 16.7 Å². The molecule has 1 saturated carbocycles. The molecule has 5 heteroatoms. The number of nitrogens with zero attached hydrogens (tertiary/aromatic N) is 3. The number of benzene rings is 2. The number of hydrogen-bond donors (Lipinski definition) is 0. The first-order valence-corrected chi connectivity index (χ1v) is 10.3. The van der Waals surface area contributed by atoms with Crippen LogP contribution < -0.4 is 0 Å². The predicted octanol–water partition coefficient (Wildman–Crippen LogP) is 4.12. The van der Waals surface area contributed by atoms with Crippen LogP contribution in [0.25, 0.3) is 10.8 Å². The molecule has 144 valence electrons. The molecule has 0 spiro atoms. The molecule has 0 bridgehead atoms.